The Bertz CT molecular complexity index is 410. The highest BCUT2D eigenvalue weighted by atomic mass is 16.4. The third kappa shape index (κ3) is 1.65. The first-order valence-electron chi connectivity index (χ1n) is 4.38. The van der Waals surface area contributed by atoms with Crippen molar-refractivity contribution in [2.45, 2.75) is 13.0 Å². The van der Waals surface area contributed by atoms with E-state index in [2.05, 4.69) is 10.2 Å². The maximum absolute atomic E-state index is 5.93. The highest BCUT2D eigenvalue weighted by Crippen LogP contribution is 2.17. The summed E-state index contributed by atoms with van der Waals surface area (Å²) >= 11 is 0. The molecule has 0 bridgehead atoms. The Morgan fingerprint density at radius 3 is 2.50 bits per heavy atom. The van der Waals surface area contributed by atoms with Crippen molar-refractivity contribution in [1.29, 1.82) is 0 Å². The maximum Gasteiger partial charge on any atom is 0.237 e. The molecule has 1 aromatic carbocycles. The lowest BCUT2D eigenvalue weighted by atomic mass is 10.1. The number of hydrogen-bond donors (Lipinski definition) is 1. The lowest BCUT2D eigenvalue weighted by molar-refractivity contribution is 0.450. The molecule has 1 atom stereocenters. The topological polar surface area (TPSA) is 64.9 Å². The van der Waals surface area contributed by atoms with Crippen LogP contribution in [0.1, 0.15) is 23.4 Å². The number of aryl methyl sites for hydroxylation is 1. The van der Waals surface area contributed by atoms with Gasteiger partial charge in [0, 0.05) is 6.92 Å². The SMILES string of the molecule is Cc1nnc([C@H](N)c2ccccc2)o1. The van der Waals surface area contributed by atoms with Crippen molar-refractivity contribution in [2.75, 3.05) is 0 Å². The van der Waals surface area contributed by atoms with Crippen LogP contribution in [0, 0.1) is 6.92 Å². The van der Waals surface area contributed by atoms with Crippen LogP contribution in [0.2, 0.25) is 0 Å². The first-order valence-corrected chi connectivity index (χ1v) is 4.38. The first kappa shape index (κ1) is 8.90. The molecule has 0 aliphatic carbocycles. The number of aromatic nitrogens is 2. The van der Waals surface area contributed by atoms with Gasteiger partial charge in [-0.3, -0.25) is 0 Å². The molecular weight excluding hydrogens is 178 g/mol. The Kier molecular flexibility index (Phi) is 2.28. The number of benzene rings is 1. The number of rotatable bonds is 2. The van der Waals surface area contributed by atoms with Crippen molar-refractivity contribution < 1.29 is 4.42 Å². The van der Waals surface area contributed by atoms with Crippen LogP contribution in [0.4, 0.5) is 0 Å². The van der Waals surface area contributed by atoms with Crippen LogP contribution in [-0.4, -0.2) is 10.2 Å². The molecule has 1 aromatic heterocycles. The van der Waals surface area contributed by atoms with Gasteiger partial charge in [-0.1, -0.05) is 30.3 Å². The molecule has 0 fully saturated rings. The van der Waals surface area contributed by atoms with E-state index < -0.39 is 0 Å². The Labute approximate surface area is 81.8 Å². The van der Waals surface area contributed by atoms with Crippen molar-refractivity contribution in [3.8, 4) is 0 Å². The third-order valence-corrected chi connectivity index (χ3v) is 1.97. The van der Waals surface area contributed by atoms with Crippen molar-refractivity contribution >= 4 is 0 Å². The molecule has 0 radical (unpaired) electrons. The lowest BCUT2D eigenvalue weighted by Crippen LogP contribution is -2.11. The lowest BCUT2D eigenvalue weighted by Gasteiger charge is -2.05. The van der Waals surface area contributed by atoms with Gasteiger partial charge in [0.15, 0.2) is 0 Å². The summed E-state index contributed by atoms with van der Waals surface area (Å²) in [5.41, 5.74) is 6.90. The predicted octanol–water partition coefficient (Wildman–Crippen LogP) is 1.43. The molecule has 14 heavy (non-hydrogen) atoms. The van der Waals surface area contributed by atoms with Crippen molar-refractivity contribution in [3.05, 3.63) is 47.7 Å². The summed E-state index contributed by atoms with van der Waals surface area (Å²) in [6.45, 7) is 1.74. The van der Waals surface area contributed by atoms with E-state index in [4.69, 9.17) is 10.2 Å². The molecule has 0 amide bonds. The van der Waals surface area contributed by atoms with E-state index >= 15 is 0 Å². The summed E-state index contributed by atoms with van der Waals surface area (Å²) in [6, 6.07) is 9.33. The molecule has 0 saturated carbocycles. The van der Waals surface area contributed by atoms with Crippen molar-refractivity contribution in [2.24, 2.45) is 5.73 Å². The molecule has 2 aromatic rings. The van der Waals surface area contributed by atoms with E-state index in [0.717, 1.165) is 5.56 Å². The molecule has 72 valence electrons. The van der Waals surface area contributed by atoms with Crippen molar-refractivity contribution in [3.63, 3.8) is 0 Å². The molecule has 0 aliphatic heterocycles. The van der Waals surface area contributed by atoms with E-state index in [-0.39, 0.29) is 6.04 Å². The van der Waals surface area contributed by atoms with Gasteiger partial charge in [-0.05, 0) is 5.56 Å². The zero-order chi connectivity index (χ0) is 9.97. The van der Waals surface area contributed by atoms with Gasteiger partial charge in [0.05, 0.1) is 0 Å². The molecule has 4 nitrogen and oxygen atoms in total. The van der Waals surface area contributed by atoms with Crippen LogP contribution in [-0.2, 0) is 0 Å². The van der Waals surface area contributed by atoms with Gasteiger partial charge in [0.2, 0.25) is 11.8 Å². The zero-order valence-electron chi connectivity index (χ0n) is 7.84. The summed E-state index contributed by atoms with van der Waals surface area (Å²) in [5.74, 6) is 0.986. The summed E-state index contributed by atoms with van der Waals surface area (Å²) in [4.78, 5) is 0. The van der Waals surface area contributed by atoms with Crippen LogP contribution in [0.15, 0.2) is 34.7 Å². The highest BCUT2D eigenvalue weighted by Gasteiger charge is 2.14. The smallest absolute Gasteiger partial charge is 0.237 e. The Morgan fingerprint density at radius 2 is 1.93 bits per heavy atom. The Balaban J connectivity index is 2.29. The highest BCUT2D eigenvalue weighted by molar-refractivity contribution is 5.22. The molecule has 0 saturated heterocycles. The minimum atomic E-state index is -0.336. The quantitative estimate of drug-likeness (QED) is 0.776. The summed E-state index contributed by atoms with van der Waals surface area (Å²) < 4.78 is 5.25. The number of nitrogens with two attached hydrogens (primary N) is 1. The van der Waals surface area contributed by atoms with Gasteiger partial charge < -0.3 is 10.2 Å². The first-order chi connectivity index (χ1) is 6.77. The van der Waals surface area contributed by atoms with E-state index in [1.807, 2.05) is 30.3 Å². The Hall–Kier alpha value is -1.68. The average Bonchev–Trinajstić information content (AvgIpc) is 2.65. The second-order valence-electron chi connectivity index (χ2n) is 3.05. The molecule has 1 heterocycles. The van der Waals surface area contributed by atoms with E-state index in [0.29, 0.717) is 11.8 Å². The fraction of sp³-hybridized carbons (Fsp3) is 0.200. The average molecular weight is 189 g/mol. The molecular formula is C10H11N3O. The second kappa shape index (κ2) is 3.59. The molecule has 4 heteroatoms. The maximum atomic E-state index is 5.93. The largest absolute Gasteiger partial charge is 0.424 e. The van der Waals surface area contributed by atoms with Crippen molar-refractivity contribution in [1.82, 2.24) is 10.2 Å². The Morgan fingerprint density at radius 1 is 1.21 bits per heavy atom. The van der Waals surface area contributed by atoms with Gasteiger partial charge in [-0.2, -0.15) is 0 Å². The van der Waals surface area contributed by atoms with E-state index in [1.165, 1.54) is 0 Å². The minimum Gasteiger partial charge on any atom is -0.424 e. The molecule has 0 spiro atoms. The summed E-state index contributed by atoms with van der Waals surface area (Å²) in [5, 5.41) is 7.62. The normalized spacial score (nSPS) is 12.7. The van der Waals surface area contributed by atoms with Gasteiger partial charge >= 0.3 is 0 Å². The van der Waals surface area contributed by atoms with E-state index in [9.17, 15) is 0 Å². The standard InChI is InChI=1S/C10H11N3O/c1-7-12-13-10(14-7)9(11)8-5-3-2-4-6-8/h2-6,9H,11H2,1H3/t9-/m1/s1. The van der Waals surface area contributed by atoms with E-state index in [1.54, 1.807) is 6.92 Å². The van der Waals surface area contributed by atoms with Gasteiger partial charge in [0.1, 0.15) is 6.04 Å². The van der Waals surface area contributed by atoms with Crippen LogP contribution < -0.4 is 5.73 Å². The van der Waals surface area contributed by atoms with Crippen LogP contribution >= 0.6 is 0 Å². The fourth-order valence-corrected chi connectivity index (χ4v) is 1.24. The predicted molar refractivity (Wildman–Crippen MR) is 51.5 cm³/mol. The van der Waals surface area contributed by atoms with Gasteiger partial charge in [0.25, 0.3) is 0 Å². The number of hydrogen-bond acceptors (Lipinski definition) is 4. The minimum absolute atomic E-state index is 0.336. The fourth-order valence-electron chi connectivity index (χ4n) is 1.24. The molecule has 2 rings (SSSR count). The van der Waals surface area contributed by atoms with Gasteiger partial charge in [-0.15, -0.1) is 10.2 Å². The van der Waals surface area contributed by atoms with Crippen LogP contribution in [0.3, 0.4) is 0 Å². The number of nitrogens with zero attached hydrogens (tertiary/aromatic N) is 2. The van der Waals surface area contributed by atoms with Gasteiger partial charge in [-0.25, -0.2) is 0 Å². The summed E-state index contributed by atoms with van der Waals surface area (Å²) in [7, 11) is 0. The molecule has 0 unspecified atom stereocenters. The molecule has 2 N–H and O–H groups in total. The van der Waals surface area contributed by atoms with Crippen LogP contribution in [0.25, 0.3) is 0 Å². The molecule has 0 aliphatic rings. The zero-order valence-corrected chi connectivity index (χ0v) is 7.84. The summed E-state index contributed by atoms with van der Waals surface area (Å²) in [6.07, 6.45) is 0. The van der Waals surface area contributed by atoms with Crippen LogP contribution in [0.5, 0.6) is 0 Å². The monoisotopic (exact) mass is 189 g/mol. The second-order valence-corrected chi connectivity index (χ2v) is 3.05. The third-order valence-electron chi connectivity index (χ3n) is 1.97.